The van der Waals surface area contributed by atoms with Crippen molar-refractivity contribution in [3.63, 3.8) is 0 Å². The van der Waals surface area contributed by atoms with Crippen LogP contribution in [0.5, 0.6) is 0 Å². The number of aromatic nitrogens is 2. The molecule has 20 heavy (non-hydrogen) atoms. The first kappa shape index (κ1) is 14.6. The summed E-state index contributed by atoms with van der Waals surface area (Å²) < 4.78 is 6.78. The summed E-state index contributed by atoms with van der Waals surface area (Å²) in [6.07, 6.45) is 3.91. The third kappa shape index (κ3) is 3.20. The molecule has 106 valence electrons. The predicted octanol–water partition coefficient (Wildman–Crippen LogP) is 1.11. The summed E-state index contributed by atoms with van der Waals surface area (Å²) in [6, 6.07) is 1.79. The van der Waals surface area contributed by atoms with Crippen molar-refractivity contribution in [3.8, 4) is 0 Å². The summed E-state index contributed by atoms with van der Waals surface area (Å²) in [5, 5.41) is 9.00. The van der Waals surface area contributed by atoms with Crippen molar-refractivity contribution in [3.05, 3.63) is 45.7 Å². The summed E-state index contributed by atoms with van der Waals surface area (Å²) in [5.74, 6) is -0.382. The first-order valence-corrected chi connectivity index (χ1v) is 7.13. The molecule has 0 amide bonds. The smallest absolute Gasteiger partial charge is 0.339 e. The maximum atomic E-state index is 11.5. The topological polar surface area (TPSA) is 63.3 Å². The normalized spacial score (nSPS) is 10.6. The Balaban J connectivity index is 2.20. The zero-order valence-corrected chi connectivity index (χ0v) is 12.3. The highest BCUT2D eigenvalue weighted by atomic mass is 32.1. The summed E-state index contributed by atoms with van der Waals surface area (Å²) >= 11 is 1.63. The minimum atomic E-state index is -0.382. The number of carbonyl (C=O) groups excluding carboxylic acids is 1. The molecule has 2 aromatic heterocycles. The van der Waals surface area contributed by atoms with Gasteiger partial charge in [-0.3, -0.25) is 4.98 Å². The van der Waals surface area contributed by atoms with Crippen LogP contribution in [0.4, 0.5) is 0 Å². The Morgan fingerprint density at radius 3 is 3.00 bits per heavy atom. The number of ether oxygens (including phenoxy) is 1. The van der Waals surface area contributed by atoms with Crippen LogP contribution < -0.4 is 4.57 Å². The molecule has 0 aliphatic carbocycles. The van der Waals surface area contributed by atoms with Gasteiger partial charge in [-0.05, 0) is 6.07 Å². The molecule has 5 nitrogen and oxygen atoms in total. The molecule has 0 spiro atoms. The number of pyridine rings is 1. The highest BCUT2D eigenvalue weighted by Gasteiger charge is 2.16. The fraction of sp³-hybridized carbons (Fsp3) is 0.357. The van der Waals surface area contributed by atoms with E-state index in [1.54, 1.807) is 23.6 Å². The molecule has 2 aromatic rings. The molecule has 0 aromatic carbocycles. The molecule has 0 unspecified atom stereocenters. The van der Waals surface area contributed by atoms with Crippen molar-refractivity contribution >= 4 is 17.3 Å². The number of hydrogen-bond acceptors (Lipinski definition) is 5. The van der Waals surface area contributed by atoms with E-state index in [9.17, 15) is 4.79 Å². The van der Waals surface area contributed by atoms with Crippen LogP contribution >= 0.6 is 11.3 Å². The molecule has 6 heteroatoms. The highest BCUT2D eigenvalue weighted by molar-refractivity contribution is 7.09. The second-order valence-corrected chi connectivity index (χ2v) is 5.35. The standard InChI is InChI=1S/C14H17N2O3S/c1-10-13(3-4-17)20-9-16(10)8-11-5-12(7-15-6-11)14(18)19-2/h5-7,9,17H,3-4,8H2,1-2H3/q+1. The van der Waals surface area contributed by atoms with Crippen molar-refractivity contribution in [2.75, 3.05) is 13.7 Å². The first-order chi connectivity index (χ1) is 9.65. The van der Waals surface area contributed by atoms with Gasteiger partial charge in [0.2, 0.25) is 5.51 Å². The second kappa shape index (κ2) is 6.58. The van der Waals surface area contributed by atoms with Crippen molar-refractivity contribution in [1.82, 2.24) is 4.98 Å². The number of hydrogen-bond donors (Lipinski definition) is 1. The maximum Gasteiger partial charge on any atom is 0.339 e. The van der Waals surface area contributed by atoms with E-state index in [0.717, 1.165) is 11.3 Å². The number of aliphatic hydroxyl groups is 1. The number of carbonyl (C=O) groups is 1. The van der Waals surface area contributed by atoms with Crippen molar-refractivity contribution < 1.29 is 19.2 Å². The molecular formula is C14H17N2O3S+. The molecule has 1 N–H and O–H groups in total. The molecular weight excluding hydrogens is 276 g/mol. The summed E-state index contributed by atoms with van der Waals surface area (Å²) in [6.45, 7) is 2.82. The number of thiazole rings is 1. The minimum absolute atomic E-state index is 0.154. The Kier molecular flexibility index (Phi) is 4.81. The molecule has 2 rings (SSSR count). The van der Waals surface area contributed by atoms with Crippen LogP contribution in [0.1, 0.15) is 26.5 Å². The maximum absolute atomic E-state index is 11.5. The van der Waals surface area contributed by atoms with Gasteiger partial charge < -0.3 is 9.84 Å². The number of esters is 1. The van der Waals surface area contributed by atoms with E-state index in [2.05, 4.69) is 14.3 Å². The largest absolute Gasteiger partial charge is 0.465 e. The summed E-state index contributed by atoms with van der Waals surface area (Å²) in [4.78, 5) is 16.7. The Bertz CT molecular complexity index is 610. The van der Waals surface area contributed by atoms with Gasteiger partial charge >= 0.3 is 5.97 Å². The quantitative estimate of drug-likeness (QED) is 0.662. The zero-order valence-electron chi connectivity index (χ0n) is 11.5. The lowest BCUT2D eigenvalue weighted by atomic mass is 10.2. The van der Waals surface area contributed by atoms with Gasteiger partial charge in [-0.15, -0.1) is 0 Å². The average Bonchev–Trinajstić information content (AvgIpc) is 2.80. The van der Waals surface area contributed by atoms with Crippen molar-refractivity contribution in [1.29, 1.82) is 0 Å². The Hall–Kier alpha value is -1.79. The number of rotatable bonds is 5. The molecule has 0 atom stereocenters. The molecule has 0 bridgehead atoms. The predicted molar refractivity (Wildman–Crippen MR) is 74.7 cm³/mol. The van der Waals surface area contributed by atoms with Gasteiger partial charge in [0, 0.05) is 37.9 Å². The minimum Gasteiger partial charge on any atom is -0.465 e. The lowest BCUT2D eigenvalue weighted by Crippen LogP contribution is -2.35. The van der Waals surface area contributed by atoms with Gasteiger partial charge in [0.25, 0.3) is 0 Å². The molecule has 0 saturated carbocycles. The van der Waals surface area contributed by atoms with Crippen LogP contribution in [0.2, 0.25) is 0 Å². The molecule has 0 aliphatic heterocycles. The van der Waals surface area contributed by atoms with Crippen LogP contribution in [0.3, 0.4) is 0 Å². The Morgan fingerprint density at radius 1 is 1.50 bits per heavy atom. The molecule has 0 radical (unpaired) electrons. The van der Waals surface area contributed by atoms with E-state index in [0.29, 0.717) is 18.5 Å². The number of methoxy groups -OCH3 is 1. The van der Waals surface area contributed by atoms with Crippen LogP contribution in [0, 0.1) is 6.92 Å². The molecule has 2 heterocycles. The third-order valence-electron chi connectivity index (χ3n) is 3.06. The number of nitrogens with zero attached hydrogens (tertiary/aromatic N) is 2. The summed E-state index contributed by atoms with van der Waals surface area (Å²) in [5.41, 5.74) is 4.54. The summed E-state index contributed by atoms with van der Waals surface area (Å²) in [7, 11) is 1.36. The van der Waals surface area contributed by atoms with Crippen molar-refractivity contribution in [2.24, 2.45) is 0 Å². The Labute approximate surface area is 121 Å². The first-order valence-electron chi connectivity index (χ1n) is 6.25. The van der Waals surface area contributed by atoms with Crippen LogP contribution in [-0.2, 0) is 17.7 Å². The second-order valence-electron chi connectivity index (χ2n) is 4.41. The fourth-order valence-electron chi connectivity index (χ4n) is 1.95. The lowest BCUT2D eigenvalue weighted by molar-refractivity contribution is -0.689. The van der Waals surface area contributed by atoms with Crippen LogP contribution in [0.15, 0.2) is 24.0 Å². The van der Waals surface area contributed by atoms with Gasteiger partial charge in [-0.25, -0.2) is 4.79 Å². The highest BCUT2D eigenvalue weighted by Crippen LogP contribution is 2.12. The van der Waals surface area contributed by atoms with Crippen LogP contribution in [-0.4, -0.2) is 29.8 Å². The lowest BCUT2D eigenvalue weighted by Gasteiger charge is -2.01. The SMILES string of the molecule is COC(=O)c1cncc(C[n+]2csc(CCO)c2C)c1. The zero-order chi connectivity index (χ0) is 14.5. The Morgan fingerprint density at radius 2 is 2.30 bits per heavy atom. The van der Waals surface area contributed by atoms with Gasteiger partial charge in [-0.1, -0.05) is 11.3 Å². The van der Waals surface area contributed by atoms with E-state index in [-0.39, 0.29) is 12.6 Å². The van der Waals surface area contributed by atoms with E-state index in [1.807, 2.05) is 12.4 Å². The van der Waals surface area contributed by atoms with Crippen molar-refractivity contribution in [2.45, 2.75) is 19.9 Å². The van der Waals surface area contributed by atoms with Gasteiger partial charge in [0.1, 0.15) is 0 Å². The monoisotopic (exact) mass is 293 g/mol. The van der Waals surface area contributed by atoms with E-state index >= 15 is 0 Å². The average molecular weight is 293 g/mol. The van der Waals surface area contributed by atoms with E-state index in [4.69, 9.17) is 5.11 Å². The molecule has 0 aliphatic rings. The molecule has 0 fully saturated rings. The van der Waals surface area contributed by atoms with E-state index < -0.39 is 0 Å². The van der Waals surface area contributed by atoms with Gasteiger partial charge in [0.15, 0.2) is 12.2 Å². The fourth-order valence-corrected chi connectivity index (χ4v) is 2.93. The van der Waals surface area contributed by atoms with Gasteiger partial charge in [0.05, 0.1) is 17.6 Å². The van der Waals surface area contributed by atoms with Crippen LogP contribution in [0.25, 0.3) is 0 Å². The number of aliphatic hydroxyl groups excluding tert-OH is 1. The molecule has 0 saturated heterocycles. The third-order valence-corrected chi connectivity index (χ3v) is 4.21. The van der Waals surface area contributed by atoms with E-state index in [1.165, 1.54) is 18.2 Å². The van der Waals surface area contributed by atoms with Gasteiger partial charge in [-0.2, -0.15) is 4.57 Å².